The molecule has 0 aromatic heterocycles. The first kappa shape index (κ1) is 15.3. The largest absolute Gasteiger partial charge is 0.496 e. The monoisotopic (exact) mass is 278 g/mol. The lowest BCUT2D eigenvalue weighted by Crippen LogP contribution is -2.48. The van der Waals surface area contributed by atoms with E-state index in [0.717, 1.165) is 25.4 Å². The number of rotatable bonds is 5. The van der Waals surface area contributed by atoms with Crippen molar-refractivity contribution in [2.45, 2.75) is 32.1 Å². The number of methoxy groups -OCH3 is 1. The minimum absolute atomic E-state index is 0.267. The number of hydrogen-bond donors (Lipinski definition) is 1. The van der Waals surface area contributed by atoms with E-state index in [1.807, 2.05) is 19.2 Å². The molecule has 0 aliphatic carbocycles. The second-order valence-electron chi connectivity index (χ2n) is 5.56. The molecule has 0 bridgehead atoms. The lowest BCUT2D eigenvalue weighted by atomic mass is 10.0. The highest BCUT2D eigenvalue weighted by Crippen LogP contribution is 2.26. The second kappa shape index (κ2) is 7.07. The van der Waals surface area contributed by atoms with Crippen molar-refractivity contribution >= 4 is 0 Å². The van der Waals surface area contributed by atoms with Crippen LogP contribution in [0.15, 0.2) is 24.3 Å². The molecule has 3 unspecified atom stereocenters. The molecular formula is C16H26N2O2. The van der Waals surface area contributed by atoms with E-state index < -0.39 is 0 Å². The molecule has 0 saturated carbocycles. The molecule has 0 amide bonds. The number of ether oxygens (including phenoxy) is 2. The quantitative estimate of drug-likeness (QED) is 0.894. The SMILES string of the molecule is CNC(CN1CC(C)OC(C)C1)c1ccccc1OC. The molecule has 0 spiro atoms. The topological polar surface area (TPSA) is 33.7 Å². The van der Waals surface area contributed by atoms with Gasteiger partial charge in [-0.3, -0.25) is 4.90 Å². The van der Waals surface area contributed by atoms with Crippen molar-refractivity contribution in [2.24, 2.45) is 0 Å². The average Bonchev–Trinajstić information content (AvgIpc) is 2.43. The summed E-state index contributed by atoms with van der Waals surface area (Å²) in [5.74, 6) is 0.946. The third-order valence-corrected chi connectivity index (χ3v) is 3.80. The molecule has 1 N–H and O–H groups in total. The highest BCUT2D eigenvalue weighted by atomic mass is 16.5. The second-order valence-corrected chi connectivity index (χ2v) is 5.56. The van der Waals surface area contributed by atoms with Crippen LogP contribution in [0, 0.1) is 0 Å². The van der Waals surface area contributed by atoms with Crippen molar-refractivity contribution in [2.75, 3.05) is 33.8 Å². The van der Waals surface area contributed by atoms with Crippen molar-refractivity contribution in [3.05, 3.63) is 29.8 Å². The Morgan fingerprint density at radius 3 is 2.55 bits per heavy atom. The molecule has 1 aliphatic heterocycles. The number of morpholine rings is 1. The van der Waals surface area contributed by atoms with Crippen molar-refractivity contribution in [1.29, 1.82) is 0 Å². The number of hydrogen-bond acceptors (Lipinski definition) is 4. The van der Waals surface area contributed by atoms with Crippen LogP contribution < -0.4 is 10.1 Å². The molecule has 1 aromatic rings. The zero-order valence-corrected chi connectivity index (χ0v) is 12.9. The van der Waals surface area contributed by atoms with Gasteiger partial charge in [-0.25, -0.2) is 0 Å². The van der Waals surface area contributed by atoms with Crippen LogP contribution in [0.25, 0.3) is 0 Å². The molecule has 4 nitrogen and oxygen atoms in total. The Labute approximate surface area is 122 Å². The molecule has 3 atom stereocenters. The molecule has 1 saturated heterocycles. The van der Waals surface area contributed by atoms with Crippen LogP contribution in [0.5, 0.6) is 5.75 Å². The summed E-state index contributed by atoms with van der Waals surface area (Å²) in [7, 11) is 3.73. The summed E-state index contributed by atoms with van der Waals surface area (Å²) < 4.78 is 11.3. The molecule has 1 fully saturated rings. The summed E-state index contributed by atoms with van der Waals surface area (Å²) in [6, 6.07) is 8.49. The highest BCUT2D eigenvalue weighted by molar-refractivity contribution is 5.36. The maximum atomic E-state index is 5.80. The number of nitrogens with zero attached hydrogens (tertiary/aromatic N) is 1. The van der Waals surface area contributed by atoms with E-state index in [2.05, 4.69) is 36.2 Å². The molecule has 1 heterocycles. The standard InChI is InChI=1S/C16H26N2O2/c1-12-9-18(10-13(2)20-12)11-15(17-3)14-7-5-6-8-16(14)19-4/h5-8,12-13,15,17H,9-11H2,1-4H3. The van der Waals surface area contributed by atoms with Crippen LogP contribution in [0.3, 0.4) is 0 Å². The van der Waals surface area contributed by atoms with Crippen LogP contribution in [-0.2, 0) is 4.74 Å². The van der Waals surface area contributed by atoms with Gasteiger partial charge in [-0.2, -0.15) is 0 Å². The molecule has 20 heavy (non-hydrogen) atoms. The number of benzene rings is 1. The van der Waals surface area contributed by atoms with E-state index >= 15 is 0 Å². The Kier molecular flexibility index (Phi) is 5.40. The summed E-state index contributed by atoms with van der Waals surface area (Å²) in [5.41, 5.74) is 1.21. The molecule has 1 aliphatic rings. The number of likely N-dealkylation sites (N-methyl/N-ethyl adjacent to an activating group) is 1. The Bertz CT molecular complexity index is 415. The summed E-state index contributed by atoms with van der Waals surface area (Å²) in [5, 5.41) is 3.41. The van der Waals surface area contributed by atoms with Crippen molar-refractivity contribution in [1.82, 2.24) is 10.2 Å². The Balaban J connectivity index is 2.08. The Morgan fingerprint density at radius 1 is 1.30 bits per heavy atom. The third kappa shape index (κ3) is 3.72. The van der Waals surface area contributed by atoms with Gasteiger partial charge in [0.1, 0.15) is 5.75 Å². The zero-order chi connectivity index (χ0) is 14.5. The smallest absolute Gasteiger partial charge is 0.123 e. The van der Waals surface area contributed by atoms with Gasteiger partial charge in [0.2, 0.25) is 0 Å². The molecule has 1 aromatic carbocycles. The van der Waals surface area contributed by atoms with E-state index in [4.69, 9.17) is 9.47 Å². The van der Waals surface area contributed by atoms with Crippen LogP contribution >= 0.6 is 0 Å². The van der Waals surface area contributed by atoms with Crippen molar-refractivity contribution in [3.8, 4) is 5.75 Å². The van der Waals surface area contributed by atoms with Crippen LogP contribution in [0.2, 0.25) is 0 Å². The summed E-state index contributed by atoms with van der Waals surface area (Å²) in [6.07, 6.45) is 0.600. The molecule has 2 rings (SSSR count). The van der Waals surface area contributed by atoms with Gasteiger partial charge < -0.3 is 14.8 Å². The van der Waals surface area contributed by atoms with Crippen LogP contribution in [0.1, 0.15) is 25.5 Å². The fraction of sp³-hybridized carbons (Fsp3) is 0.625. The molecule has 112 valence electrons. The van der Waals surface area contributed by atoms with Crippen LogP contribution in [-0.4, -0.2) is 50.9 Å². The van der Waals surface area contributed by atoms with Gasteiger partial charge >= 0.3 is 0 Å². The first-order valence-corrected chi connectivity index (χ1v) is 7.32. The van der Waals surface area contributed by atoms with Gasteiger partial charge in [0.25, 0.3) is 0 Å². The molecule has 4 heteroatoms. The predicted octanol–water partition coefficient (Wildman–Crippen LogP) is 2.06. The van der Waals surface area contributed by atoms with E-state index in [0.29, 0.717) is 12.2 Å². The van der Waals surface area contributed by atoms with Crippen molar-refractivity contribution in [3.63, 3.8) is 0 Å². The lowest BCUT2D eigenvalue weighted by Gasteiger charge is -2.37. The van der Waals surface area contributed by atoms with E-state index in [1.54, 1.807) is 7.11 Å². The first-order chi connectivity index (χ1) is 9.63. The zero-order valence-electron chi connectivity index (χ0n) is 12.9. The average molecular weight is 278 g/mol. The first-order valence-electron chi connectivity index (χ1n) is 7.32. The third-order valence-electron chi connectivity index (χ3n) is 3.80. The minimum atomic E-state index is 0.267. The van der Waals surface area contributed by atoms with Gasteiger partial charge in [0.15, 0.2) is 0 Å². The van der Waals surface area contributed by atoms with E-state index in [-0.39, 0.29) is 6.04 Å². The minimum Gasteiger partial charge on any atom is -0.496 e. The lowest BCUT2D eigenvalue weighted by molar-refractivity contribution is -0.0698. The molecular weight excluding hydrogens is 252 g/mol. The summed E-state index contributed by atoms with van der Waals surface area (Å²) in [6.45, 7) is 7.21. The summed E-state index contributed by atoms with van der Waals surface area (Å²) in [4.78, 5) is 2.46. The maximum absolute atomic E-state index is 5.80. The van der Waals surface area contributed by atoms with Gasteiger partial charge in [-0.1, -0.05) is 18.2 Å². The molecule has 0 radical (unpaired) electrons. The van der Waals surface area contributed by atoms with Gasteiger partial charge in [-0.05, 0) is 27.0 Å². The van der Waals surface area contributed by atoms with E-state index in [1.165, 1.54) is 5.56 Å². The summed E-state index contributed by atoms with van der Waals surface area (Å²) >= 11 is 0. The van der Waals surface area contributed by atoms with E-state index in [9.17, 15) is 0 Å². The van der Waals surface area contributed by atoms with Gasteiger partial charge in [0, 0.05) is 31.2 Å². The number of nitrogens with one attached hydrogen (secondary N) is 1. The van der Waals surface area contributed by atoms with Crippen LogP contribution in [0.4, 0.5) is 0 Å². The van der Waals surface area contributed by atoms with Gasteiger partial charge in [-0.15, -0.1) is 0 Å². The Morgan fingerprint density at radius 2 is 1.95 bits per heavy atom. The maximum Gasteiger partial charge on any atom is 0.123 e. The van der Waals surface area contributed by atoms with Gasteiger partial charge in [0.05, 0.1) is 19.3 Å². The van der Waals surface area contributed by atoms with Crippen molar-refractivity contribution < 1.29 is 9.47 Å². The Hall–Kier alpha value is -1.10. The normalized spacial score (nSPS) is 25.4. The predicted molar refractivity (Wildman–Crippen MR) is 81.2 cm³/mol. The fourth-order valence-corrected chi connectivity index (χ4v) is 2.99. The highest BCUT2D eigenvalue weighted by Gasteiger charge is 2.25. The number of para-hydroxylation sites is 1. The fourth-order valence-electron chi connectivity index (χ4n) is 2.99.